The van der Waals surface area contributed by atoms with E-state index in [1.165, 1.54) is 11.1 Å². The number of nitrogens with two attached hydrogens (primary N) is 1. The summed E-state index contributed by atoms with van der Waals surface area (Å²) in [7, 11) is 0. The summed E-state index contributed by atoms with van der Waals surface area (Å²) >= 11 is 0. The fourth-order valence-electron chi connectivity index (χ4n) is 2.64. The van der Waals surface area contributed by atoms with Crippen molar-refractivity contribution in [3.05, 3.63) is 53.0 Å². The molecular weight excluding hydrogens is 250 g/mol. The molecule has 1 aromatic carbocycles. The van der Waals surface area contributed by atoms with Gasteiger partial charge in [0.25, 0.3) is 0 Å². The van der Waals surface area contributed by atoms with E-state index < -0.39 is 0 Å². The van der Waals surface area contributed by atoms with Crippen molar-refractivity contribution in [2.24, 2.45) is 5.73 Å². The first kappa shape index (κ1) is 13.3. The van der Waals surface area contributed by atoms with Crippen molar-refractivity contribution in [3.63, 3.8) is 0 Å². The Balaban J connectivity index is 1.61. The third kappa shape index (κ3) is 2.73. The second-order valence-electron chi connectivity index (χ2n) is 5.34. The number of rotatable bonds is 5. The molecule has 1 aliphatic heterocycles. The van der Waals surface area contributed by atoms with Crippen molar-refractivity contribution in [3.8, 4) is 5.75 Å². The SMILES string of the molecule is CCc1ccc(C(N)CCc2ccc3c(c2)CCO3)o1. The van der Waals surface area contributed by atoms with Crippen LogP contribution in [0.15, 0.2) is 34.7 Å². The second-order valence-corrected chi connectivity index (χ2v) is 5.34. The first-order valence-corrected chi connectivity index (χ1v) is 7.35. The summed E-state index contributed by atoms with van der Waals surface area (Å²) in [5, 5.41) is 0. The molecule has 2 aromatic rings. The van der Waals surface area contributed by atoms with Gasteiger partial charge < -0.3 is 14.9 Å². The fourth-order valence-corrected chi connectivity index (χ4v) is 2.64. The zero-order valence-corrected chi connectivity index (χ0v) is 11.9. The van der Waals surface area contributed by atoms with Gasteiger partial charge in [-0.2, -0.15) is 0 Å². The maximum absolute atomic E-state index is 6.21. The van der Waals surface area contributed by atoms with Gasteiger partial charge in [-0.1, -0.05) is 19.1 Å². The topological polar surface area (TPSA) is 48.4 Å². The Morgan fingerprint density at radius 1 is 1.25 bits per heavy atom. The van der Waals surface area contributed by atoms with Gasteiger partial charge >= 0.3 is 0 Å². The molecule has 106 valence electrons. The van der Waals surface area contributed by atoms with Gasteiger partial charge in [-0.25, -0.2) is 0 Å². The molecule has 0 fully saturated rings. The summed E-state index contributed by atoms with van der Waals surface area (Å²) in [6, 6.07) is 10.4. The maximum atomic E-state index is 6.21. The molecule has 1 aliphatic rings. The van der Waals surface area contributed by atoms with Crippen LogP contribution >= 0.6 is 0 Å². The van der Waals surface area contributed by atoms with Crippen molar-refractivity contribution in [2.75, 3.05) is 6.61 Å². The Morgan fingerprint density at radius 2 is 2.15 bits per heavy atom. The van der Waals surface area contributed by atoms with E-state index in [2.05, 4.69) is 25.1 Å². The molecule has 1 atom stereocenters. The van der Waals surface area contributed by atoms with Gasteiger partial charge in [-0.3, -0.25) is 0 Å². The third-order valence-electron chi connectivity index (χ3n) is 3.89. The van der Waals surface area contributed by atoms with E-state index in [1.54, 1.807) is 0 Å². The Hall–Kier alpha value is -1.74. The van der Waals surface area contributed by atoms with Crippen LogP contribution in [-0.4, -0.2) is 6.61 Å². The summed E-state index contributed by atoms with van der Waals surface area (Å²) in [4.78, 5) is 0. The number of benzene rings is 1. The van der Waals surface area contributed by atoms with Crippen LogP contribution in [0, 0.1) is 0 Å². The summed E-state index contributed by atoms with van der Waals surface area (Å²) in [6.45, 7) is 2.89. The normalized spacial score (nSPS) is 14.9. The lowest BCUT2D eigenvalue weighted by Crippen LogP contribution is -2.10. The number of ether oxygens (including phenoxy) is 1. The third-order valence-corrected chi connectivity index (χ3v) is 3.89. The quantitative estimate of drug-likeness (QED) is 0.906. The van der Waals surface area contributed by atoms with Crippen LogP contribution in [-0.2, 0) is 19.3 Å². The maximum Gasteiger partial charge on any atom is 0.122 e. The van der Waals surface area contributed by atoms with Crippen LogP contribution in [0.4, 0.5) is 0 Å². The molecule has 0 aliphatic carbocycles. The summed E-state index contributed by atoms with van der Waals surface area (Å²) < 4.78 is 11.2. The molecule has 0 radical (unpaired) electrons. The van der Waals surface area contributed by atoms with Crippen molar-refractivity contribution in [1.82, 2.24) is 0 Å². The number of hydrogen-bond donors (Lipinski definition) is 1. The van der Waals surface area contributed by atoms with E-state index in [0.29, 0.717) is 0 Å². The monoisotopic (exact) mass is 271 g/mol. The molecule has 2 heterocycles. The van der Waals surface area contributed by atoms with E-state index in [-0.39, 0.29) is 6.04 Å². The van der Waals surface area contributed by atoms with E-state index in [1.807, 2.05) is 12.1 Å². The van der Waals surface area contributed by atoms with E-state index in [0.717, 1.165) is 49.6 Å². The smallest absolute Gasteiger partial charge is 0.122 e. The van der Waals surface area contributed by atoms with Gasteiger partial charge in [0.05, 0.1) is 12.6 Å². The standard InChI is InChI=1S/C17H21NO2/c1-2-14-5-8-17(20-14)15(18)6-3-12-4-7-16-13(11-12)9-10-19-16/h4-5,7-8,11,15H,2-3,6,9-10,18H2,1H3. The molecule has 0 amide bonds. The van der Waals surface area contributed by atoms with Crippen LogP contribution in [0.2, 0.25) is 0 Å². The number of furan rings is 1. The minimum atomic E-state index is -0.0280. The highest BCUT2D eigenvalue weighted by atomic mass is 16.5. The fraction of sp³-hybridized carbons (Fsp3) is 0.412. The molecule has 3 nitrogen and oxygen atoms in total. The summed E-state index contributed by atoms with van der Waals surface area (Å²) in [5.74, 6) is 2.94. The van der Waals surface area contributed by atoms with Crippen molar-refractivity contribution < 1.29 is 9.15 Å². The Labute approximate surface area is 119 Å². The van der Waals surface area contributed by atoms with Crippen molar-refractivity contribution >= 4 is 0 Å². The van der Waals surface area contributed by atoms with E-state index in [9.17, 15) is 0 Å². The van der Waals surface area contributed by atoms with Crippen LogP contribution in [0.25, 0.3) is 0 Å². The molecular formula is C17H21NO2. The Kier molecular flexibility index (Phi) is 3.79. The molecule has 0 saturated heterocycles. The highest BCUT2D eigenvalue weighted by Gasteiger charge is 2.14. The van der Waals surface area contributed by atoms with Gasteiger partial charge in [0.1, 0.15) is 17.3 Å². The van der Waals surface area contributed by atoms with Gasteiger partial charge in [0.2, 0.25) is 0 Å². The lowest BCUT2D eigenvalue weighted by atomic mass is 10.0. The summed E-state index contributed by atoms with van der Waals surface area (Å²) in [5.41, 5.74) is 8.85. The lowest BCUT2D eigenvalue weighted by Gasteiger charge is -2.09. The van der Waals surface area contributed by atoms with Crippen LogP contribution in [0.1, 0.15) is 42.0 Å². The zero-order chi connectivity index (χ0) is 13.9. The van der Waals surface area contributed by atoms with Crippen LogP contribution in [0.3, 0.4) is 0 Å². The second kappa shape index (κ2) is 5.71. The predicted octanol–water partition coefficient (Wildman–Crippen LogP) is 3.41. The molecule has 2 N–H and O–H groups in total. The van der Waals surface area contributed by atoms with Gasteiger partial charge in [-0.15, -0.1) is 0 Å². The van der Waals surface area contributed by atoms with Crippen molar-refractivity contribution in [2.45, 2.75) is 38.6 Å². The molecule has 3 heteroatoms. The zero-order valence-electron chi connectivity index (χ0n) is 11.9. The average molecular weight is 271 g/mol. The Morgan fingerprint density at radius 3 is 2.95 bits per heavy atom. The van der Waals surface area contributed by atoms with Crippen LogP contribution < -0.4 is 10.5 Å². The minimum absolute atomic E-state index is 0.0280. The van der Waals surface area contributed by atoms with Crippen molar-refractivity contribution in [1.29, 1.82) is 0 Å². The highest BCUT2D eigenvalue weighted by molar-refractivity contribution is 5.39. The number of aryl methyl sites for hydroxylation is 2. The van der Waals surface area contributed by atoms with Gasteiger partial charge in [0, 0.05) is 12.8 Å². The van der Waals surface area contributed by atoms with E-state index >= 15 is 0 Å². The predicted molar refractivity (Wildman–Crippen MR) is 79.0 cm³/mol. The number of hydrogen-bond acceptors (Lipinski definition) is 3. The molecule has 0 bridgehead atoms. The first-order chi connectivity index (χ1) is 9.76. The summed E-state index contributed by atoms with van der Waals surface area (Å²) in [6.07, 6.45) is 3.80. The molecule has 1 aromatic heterocycles. The van der Waals surface area contributed by atoms with Crippen LogP contribution in [0.5, 0.6) is 5.75 Å². The first-order valence-electron chi connectivity index (χ1n) is 7.35. The molecule has 3 rings (SSSR count). The molecule has 0 spiro atoms. The molecule has 20 heavy (non-hydrogen) atoms. The largest absolute Gasteiger partial charge is 0.493 e. The molecule has 1 unspecified atom stereocenters. The van der Waals surface area contributed by atoms with Gasteiger partial charge in [0.15, 0.2) is 0 Å². The Bertz CT molecular complexity index is 588. The minimum Gasteiger partial charge on any atom is -0.493 e. The van der Waals surface area contributed by atoms with E-state index in [4.69, 9.17) is 14.9 Å². The number of fused-ring (bicyclic) bond motifs is 1. The highest BCUT2D eigenvalue weighted by Crippen LogP contribution is 2.27. The van der Waals surface area contributed by atoms with Gasteiger partial charge in [-0.05, 0) is 42.2 Å². The lowest BCUT2D eigenvalue weighted by molar-refractivity contribution is 0.357. The average Bonchev–Trinajstić information content (AvgIpc) is 3.12. The molecule has 0 saturated carbocycles.